The zero-order chi connectivity index (χ0) is 20.2. The molecule has 1 aliphatic heterocycles. The van der Waals surface area contributed by atoms with E-state index in [2.05, 4.69) is 15.5 Å². The molecule has 2 aliphatic rings. The third-order valence-electron chi connectivity index (χ3n) is 5.50. The number of carbonyl (C=O) groups is 2. The van der Waals surface area contributed by atoms with E-state index in [9.17, 15) is 9.59 Å². The predicted molar refractivity (Wildman–Crippen MR) is 116 cm³/mol. The topological polar surface area (TPSA) is 61.4 Å². The Bertz CT molecular complexity index is 905. The fraction of sp³-hybridized carbons (Fsp3) is 0.391. The first-order valence-corrected chi connectivity index (χ1v) is 10.7. The molecule has 0 bridgehead atoms. The number of benzene rings is 2. The van der Waals surface area contributed by atoms with Gasteiger partial charge in [-0.1, -0.05) is 23.7 Å². The fourth-order valence-electron chi connectivity index (χ4n) is 3.71. The van der Waals surface area contributed by atoms with Crippen LogP contribution in [0.2, 0.25) is 5.02 Å². The summed E-state index contributed by atoms with van der Waals surface area (Å²) in [7, 11) is 0. The van der Waals surface area contributed by atoms with Crippen molar-refractivity contribution in [2.24, 2.45) is 5.92 Å². The molecule has 4 rings (SSSR count). The third-order valence-corrected chi connectivity index (χ3v) is 5.73. The van der Waals surface area contributed by atoms with Crippen LogP contribution in [0.25, 0.3) is 0 Å². The van der Waals surface area contributed by atoms with Crippen LogP contribution in [-0.2, 0) is 11.3 Å². The summed E-state index contributed by atoms with van der Waals surface area (Å²) in [4.78, 5) is 27.4. The Morgan fingerprint density at radius 3 is 2.55 bits per heavy atom. The maximum atomic E-state index is 13.0. The monoisotopic (exact) mass is 411 g/mol. The van der Waals surface area contributed by atoms with Gasteiger partial charge in [-0.05, 0) is 68.0 Å². The highest BCUT2D eigenvalue weighted by molar-refractivity contribution is 6.30. The lowest BCUT2D eigenvalue weighted by Crippen LogP contribution is -2.32. The standard InChI is InChI=1S/C23H26ClN3O2/c24-18-6-4-5-16(13-18)15-25-23(29)20-10-9-19(26-22(28)17-7-8-17)14-21(20)27-11-2-1-3-12-27/h4-6,9-10,13-14,17H,1-3,7-8,11-12,15H2,(H,25,29)(H,26,28). The van der Waals surface area contributed by atoms with E-state index < -0.39 is 0 Å². The highest BCUT2D eigenvalue weighted by atomic mass is 35.5. The molecule has 5 nitrogen and oxygen atoms in total. The van der Waals surface area contributed by atoms with Gasteiger partial charge < -0.3 is 15.5 Å². The molecule has 2 fully saturated rings. The van der Waals surface area contributed by atoms with E-state index in [1.54, 1.807) is 0 Å². The van der Waals surface area contributed by atoms with Crippen molar-refractivity contribution >= 4 is 34.8 Å². The molecule has 29 heavy (non-hydrogen) atoms. The molecule has 0 spiro atoms. The minimum atomic E-state index is -0.120. The van der Waals surface area contributed by atoms with Crippen molar-refractivity contribution in [2.75, 3.05) is 23.3 Å². The molecule has 1 heterocycles. The fourth-order valence-corrected chi connectivity index (χ4v) is 3.93. The van der Waals surface area contributed by atoms with Gasteiger partial charge in [-0.25, -0.2) is 0 Å². The van der Waals surface area contributed by atoms with Gasteiger partial charge in [0.1, 0.15) is 0 Å². The summed E-state index contributed by atoms with van der Waals surface area (Å²) in [5, 5.41) is 6.65. The van der Waals surface area contributed by atoms with Crippen LogP contribution in [0.3, 0.4) is 0 Å². The first-order valence-electron chi connectivity index (χ1n) is 10.3. The molecule has 0 unspecified atom stereocenters. The first-order chi connectivity index (χ1) is 14.1. The highest BCUT2D eigenvalue weighted by Crippen LogP contribution is 2.32. The summed E-state index contributed by atoms with van der Waals surface area (Å²) in [6.45, 7) is 2.27. The quantitative estimate of drug-likeness (QED) is 0.729. The second kappa shape index (κ2) is 8.87. The lowest BCUT2D eigenvalue weighted by molar-refractivity contribution is -0.117. The van der Waals surface area contributed by atoms with E-state index in [0.717, 1.165) is 55.7 Å². The van der Waals surface area contributed by atoms with Gasteiger partial charge in [0.25, 0.3) is 5.91 Å². The van der Waals surface area contributed by atoms with Crippen molar-refractivity contribution in [3.63, 3.8) is 0 Å². The van der Waals surface area contributed by atoms with Crippen molar-refractivity contribution in [3.8, 4) is 0 Å². The van der Waals surface area contributed by atoms with E-state index in [0.29, 0.717) is 17.1 Å². The van der Waals surface area contributed by atoms with Crippen LogP contribution in [0.1, 0.15) is 48.0 Å². The molecule has 0 radical (unpaired) electrons. The Kier molecular flexibility index (Phi) is 6.05. The van der Waals surface area contributed by atoms with Crippen LogP contribution in [-0.4, -0.2) is 24.9 Å². The van der Waals surface area contributed by atoms with E-state index in [-0.39, 0.29) is 17.7 Å². The SMILES string of the molecule is O=C(NCc1cccc(Cl)c1)c1ccc(NC(=O)C2CC2)cc1N1CCCCC1. The molecule has 2 amide bonds. The molecule has 2 aromatic rings. The molecule has 152 valence electrons. The van der Waals surface area contributed by atoms with E-state index in [1.807, 2.05) is 42.5 Å². The van der Waals surface area contributed by atoms with E-state index in [1.165, 1.54) is 6.42 Å². The summed E-state index contributed by atoms with van der Waals surface area (Å²) < 4.78 is 0. The van der Waals surface area contributed by atoms with Crippen LogP contribution in [0, 0.1) is 5.92 Å². The van der Waals surface area contributed by atoms with Gasteiger partial charge in [-0.3, -0.25) is 9.59 Å². The number of hydrogen-bond donors (Lipinski definition) is 2. The number of rotatable bonds is 6. The Hall–Kier alpha value is -2.53. The van der Waals surface area contributed by atoms with Crippen molar-refractivity contribution in [2.45, 2.75) is 38.6 Å². The second-order valence-corrected chi connectivity index (χ2v) is 8.29. The first kappa shape index (κ1) is 19.8. The molecular formula is C23H26ClN3O2. The summed E-state index contributed by atoms with van der Waals surface area (Å²) in [5.74, 6) is 0.104. The van der Waals surface area contributed by atoms with Gasteiger partial charge in [-0.15, -0.1) is 0 Å². The molecule has 2 aromatic carbocycles. The van der Waals surface area contributed by atoms with Gasteiger partial charge >= 0.3 is 0 Å². The summed E-state index contributed by atoms with van der Waals surface area (Å²) in [6, 6.07) is 13.1. The molecule has 1 aliphatic carbocycles. The minimum absolute atomic E-state index is 0.0766. The van der Waals surface area contributed by atoms with Gasteiger partial charge in [-0.2, -0.15) is 0 Å². The number of nitrogens with one attached hydrogen (secondary N) is 2. The smallest absolute Gasteiger partial charge is 0.253 e. The molecule has 2 N–H and O–H groups in total. The third kappa shape index (κ3) is 5.10. The lowest BCUT2D eigenvalue weighted by atomic mass is 10.1. The Morgan fingerprint density at radius 1 is 1.03 bits per heavy atom. The number of nitrogens with zero attached hydrogens (tertiary/aromatic N) is 1. The van der Waals surface area contributed by atoms with E-state index >= 15 is 0 Å². The average Bonchev–Trinajstić information content (AvgIpc) is 3.58. The molecule has 1 saturated heterocycles. The van der Waals surface area contributed by atoms with Crippen molar-refractivity contribution < 1.29 is 9.59 Å². The van der Waals surface area contributed by atoms with Gasteiger partial charge in [0.05, 0.1) is 11.3 Å². The minimum Gasteiger partial charge on any atom is -0.371 e. The average molecular weight is 412 g/mol. The summed E-state index contributed by atoms with van der Waals surface area (Å²) >= 11 is 6.04. The number of amides is 2. The number of carbonyl (C=O) groups excluding carboxylic acids is 2. The van der Waals surface area contributed by atoms with Crippen molar-refractivity contribution in [1.29, 1.82) is 0 Å². The van der Waals surface area contributed by atoms with Crippen LogP contribution in [0.5, 0.6) is 0 Å². The highest BCUT2D eigenvalue weighted by Gasteiger charge is 2.30. The Labute approximate surface area is 176 Å². The number of anilines is 2. The largest absolute Gasteiger partial charge is 0.371 e. The number of hydrogen-bond acceptors (Lipinski definition) is 3. The van der Waals surface area contributed by atoms with Crippen LogP contribution >= 0.6 is 11.6 Å². The molecule has 1 saturated carbocycles. The zero-order valence-corrected chi connectivity index (χ0v) is 17.2. The van der Waals surface area contributed by atoms with Gasteiger partial charge in [0, 0.05) is 36.3 Å². The normalized spacial score (nSPS) is 16.4. The zero-order valence-electron chi connectivity index (χ0n) is 16.4. The second-order valence-electron chi connectivity index (χ2n) is 7.86. The number of piperidine rings is 1. The molecule has 6 heteroatoms. The van der Waals surface area contributed by atoms with Gasteiger partial charge in [0.2, 0.25) is 5.91 Å². The maximum absolute atomic E-state index is 13.0. The van der Waals surface area contributed by atoms with Crippen molar-refractivity contribution in [1.82, 2.24) is 5.32 Å². The molecule has 0 aromatic heterocycles. The predicted octanol–water partition coefficient (Wildman–Crippen LogP) is 4.61. The molecular weight excluding hydrogens is 386 g/mol. The van der Waals surface area contributed by atoms with Crippen LogP contribution in [0.4, 0.5) is 11.4 Å². The summed E-state index contributed by atoms with van der Waals surface area (Å²) in [6.07, 6.45) is 5.37. The van der Waals surface area contributed by atoms with E-state index in [4.69, 9.17) is 11.6 Å². The molecule has 0 atom stereocenters. The lowest BCUT2D eigenvalue weighted by Gasteiger charge is -2.30. The number of halogens is 1. The maximum Gasteiger partial charge on any atom is 0.253 e. The van der Waals surface area contributed by atoms with Crippen LogP contribution in [0.15, 0.2) is 42.5 Å². The summed E-state index contributed by atoms with van der Waals surface area (Å²) in [5.41, 5.74) is 3.24. The Morgan fingerprint density at radius 2 is 1.83 bits per heavy atom. The Balaban J connectivity index is 1.53. The van der Waals surface area contributed by atoms with Crippen LogP contribution < -0.4 is 15.5 Å². The van der Waals surface area contributed by atoms with Gasteiger partial charge in [0.15, 0.2) is 0 Å². The van der Waals surface area contributed by atoms with Crippen molar-refractivity contribution in [3.05, 3.63) is 58.6 Å².